The molecule has 0 amide bonds. The van der Waals surface area contributed by atoms with E-state index in [0.29, 0.717) is 12.8 Å². The second-order valence-corrected chi connectivity index (χ2v) is 6.27. The molecule has 1 aromatic rings. The maximum absolute atomic E-state index is 12.2. The van der Waals surface area contributed by atoms with Gasteiger partial charge in [0.2, 0.25) is 0 Å². The summed E-state index contributed by atoms with van der Waals surface area (Å²) in [6, 6.07) is 5.20. The van der Waals surface area contributed by atoms with E-state index in [4.69, 9.17) is 0 Å². The van der Waals surface area contributed by atoms with E-state index in [0.717, 1.165) is 0 Å². The minimum atomic E-state index is -0.546. The first kappa shape index (κ1) is 15.9. The number of hydrogen-bond acceptors (Lipinski definition) is 5. The number of rotatable bonds is 4. The minimum Gasteiger partial charge on any atom is -0.512 e. The first-order valence-corrected chi connectivity index (χ1v) is 6.91. The molecule has 2 rings (SSSR count). The maximum Gasteiger partial charge on any atom is 0.269 e. The van der Waals surface area contributed by atoms with Crippen LogP contribution in [0.25, 0.3) is 0 Å². The van der Waals surface area contributed by atoms with Gasteiger partial charge in [-0.2, -0.15) is 0 Å². The zero-order valence-corrected chi connectivity index (χ0v) is 12.5. The lowest BCUT2D eigenvalue weighted by Crippen LogP contribution is -2.26. The molecular weight excluding hydrogens is 286 g/mol. The van der Waals surface area contributed by atoms with Gasteiger partial charge in [-0.15, -0.1) is 0 Å². The standard InChI is InChI=1S/C16H17NO5/c1-16(2)8-14(19)12(15(20)9-16)7-13(18)10-3-5-11(6-4-10)17(21)22/h3-6,19H,7-9H2,1-2H3. The summed E-state index contributed by atoms with van der Waals surface area (Å²) >= 11 is 0. The highest BCUT2D eigenvalue weighted by Gasteiger charge is 2.33. The Kier molecular flexibility index (Phi) is 4.12. The normalized spacial score (nSPS) is 17.5. The van der Waals surface area contributed by atoms with Crippen molar-refractivity contribution in [3.05, 3.63) is 51.3 Å². The van der Waals surface area contributed by atoms with Crippen molar-refractivity contribution in [2.24, 2.45) is 5.41 Å². The zero-order chi connectivity index (χ0) is 16.5. The van der Waals surface area contributed by atoms with E-state index < -0.39 is 4.92 Å². The molecule has 1 aliphatic rings. The number of aliphatic hydroxyl groups is 1. The van der Waals surface area contributed by atoms with Gasteiger partial charge >= 0.3 is 0 Å². The van der Waals surface area contributed by atoms with E-state index >= 15 is 0 Å². The number of allylic oxidation sites excluding steroid dienone is 2. The number of nitro groups is 1. The molecule has 22 heavy (non-hydrogen) atoms. The molecule has 0 unspecified atom stereocenters. The molecule has 1 aliphatic carbocycles. The van der Waals surface area contributed by atoms with Gasteiger partial charge in [-0.3, -0.25) is 19.7 Å². The van der Waals surface area contributed by atoms with Gasteiger partial charge in [0, 0.05) is 42.5 Å². The van der Waals surface area contributed by atoms with Gasteiger partial charge in [0.25, 0.3) is 5.69 Å². The second kappa shape index (κ2) is 5.71. The lowest BCUT2D eigenvalue weighted by molar-refractivity contribution is -0.384. The Labute approximate surface area is 127 Å². The van der Waals surface area contributed by atoms with E-state index in [1.165, 1.54) is 24.3 Å². The van der Waals surface area contributed by atoms with Crippen molar-refractivity contribution >= 4 is 17.3 Å². The van der Waals surface area contributed by atoms with E-state index in [1.807, 2.05) is 13.8 Å². The molecule has 6 nitrogen and oxygen atoms in total. The molecule has 0 aliphatic heterocycles. The molecule has 0 atom stereocenters. The van der Waals surface area contributed by atoms with Crippen LogP contribution in [-0.2, 0) is 4.79 Å². The van der Waals surface area contributed by atoms with Crippen LogP contribution in [0.5, 0.6) is 0 Å². The number of hydrogen-bond donors (Lipinski definition) is 1. The van der Waals surface area contributed by atoms with Gasteiger partial charge in [-0.25, -0.2) is 0 Å². The lowest BCUT2D eigenvalue weighted by Gasteiger charge is -2.29. The topological polar surface area (TPSA) is 97.5 Å². The number of nitrogens with zero attached hydrogens (tertiary/aromatic N) is 1. The Morgan fingerprint density at radius 2 is 1.86 bits per heavy atom. The molecule has 116 valence electrons. The Morgan fingerprint density at radius 1 is 1.27 bits per heavy atom. The Morgan fingerprint density at radius 3 is 2.36 bits per heavy atom. The van der Waals surface area contributed by atoms with Crippen LogP contribution in [0.15, 0.2) is 35.6 Å². The number of Topliss-reactive ketones (excluding diaryl/α,β-unsaturated/α-hetero) is 2. The van der Waals surface area contributed by atoms with Crippen molar-refractivity contribution in [3.63, 3.8) is 0 Å². The summed E-state index contributed by atoms with van der Waals surface area (Å²) < 4.78 is 0. The first-order valence-electron chi connectivity index (χ1n) is 6.91. The van der Waals surface area contributed by atoms with Gasteiger partial charge in [0.1, 0.15) is 0 Å². The van der Waals surface area contributed by atoms with Gasteiger partial charge < -0.3 is 5.11 Å². The maximum atomic E-state index is 12.2. The molecule has 0 heterocycles. The number of carbonyl (C=O) groups is 2. The molecule has 0 radical (unpaired) electrons. The quantitative estimate of drug-likeness (QED) is 0.522. The van der Waals surface area contributed by atoms with Gasteiger partial charge in [0.05, 0.1) is 10.7 Å². The van der Waals surface area contributed by atoms with Crippen molar-refractivity contribution in [2.45, 2.75) is 33.1 Å². The van der Waals surface area contributed by atoms with Gasteiger partial charge in [-0.1, -0.05) is 13.8 Å². The van der Waals surface area contributed by atoms with E-state index in [9.17, 15) is 24.8 Å². The molecule has 0 spiro atoms. The Balaban J connectivity index is 2.18. The lowest BCUT2D eigenvalue weighted by atomic mass is 9.75. The van der Waals surface area contributed by atoms with Crippen molar-refractivity contribution in [3.8, 4) is 0 Å². The molecule has 0 saturated heterocycles. The highest BCUT2D eigenvalue weighted by molar-refractivity contribution is 6.06. The summed E-state index contributed by atoms with van der Waals surface area (Å²) in [7, 11) is 0. The summed E-state index contributed by atoms with van der Waals surface area (Å²) in [5, 5.41) is 20.6. The van der Waals surface area contributed by atoms with E-state index in [-0.39, 0.29) is 46.0 Å². The van der Waals surface area contributed by atoms with Crippen LogP contribution in [0.4, 0.5) is 5.69 Å². The second-order valence-electron chi connectivity index (χ2n) is 6.27. The van der Waals surface area contributed by atoms with Crippen LogP contribution >= 0.6 is 0 Å². The molecule has 0 aromatic heterocycles. The van der Waals surface area contributed by atoms with Crippen molar-refractivity contribution in [1.29, 1.82) is 0 Å². The van der Waals surface area contributed by atoms with Crippen LogP contribution in [0.1, 0.15) is 43.5 Å². The van der Waals surface area contributed by atoms with E-state index in [2.05, 4.69) is 0 Å². The number of nitro benzene ring substituents is 1. The first-order chi connectivity index (χ1) is 10.2. The molecule has 6 heteroatoms. The minimum absolute atomic E-state index is 0.0310. The Hall–Kier alpha value is -2.50. The highest BCUT2D eigenvalue weighted by atomic mass is 16.6. The van der Waals surface area contributed by atoms with Crippen LogP contribution in [0.2, 0.25) is 0 Å². The third kappa shape index (κ3) is 3.39. The average molecular weight is 303 g/mol. The predicted molar refractivity (Wildman–Crippen MR) is 79.7 cm³/mol. The molecule has 0 saturated carbocycles. The fourth-order valence-electron chi connectivity index (χ4n) is 2.56. The van der Waals surface area contributed by atoms with Gasteiger partial charge in [-0.05, 0) is 17.5 Å². The van der Waals surface area contributed by atoms with Crippen molar-refractivity contribution < 1.29 is 19.6 Å². The summed E-state index contributed by atoms with van der Waals surface area (Å²) in [6.45, 7) is 3.77. The van der Waals surface area contributed by atoms with Crippen molar-refractivity contribution in [1.82, 2.24) is 0 Å². The molecular formula is C16H17NO5. The Bertz CT molecular complexity index is 670. The molecule has 0 bridgehead atoms. The van der Waals surface area contributed by atoms with Crippen LogP contribution < -0.4 is 0 Å². The molecule has 1 aromatic carbocycles. The third-order valence-electron chi connectivity index (χ3n) is 3.71. The predicted octanol–water partition coefficient (Wildman–Crippen LogP) is 3.37. The summed E-state index contributed by atoms with van der Waals surface area (Å²) in [4.78, 5) is 34.3. The number of carbonyl (C=O) groups excluding carboxylic acids is 2. The molecule has 0 fully saturated rings. The smallest absolute Gasteiger partial charge is 0.269 e. The summed E-state index contributed by atoms with van der Waals surface area (Å²) in [6.07, 6.45) is 0.472. The number of non-ortho nitro benzene ring substituents is 1. The summed E-state index contributed by atoms with van der Waals surface area (Å²) in [5.74, 6) is -0.593. The third-order valence-corrected chi connectivity index (χ3v) is 3.71. The fraction of sp³-hybridized carbons (Fsp3) is 0.375. The van der Waals surface area contributed by atoms with Crippen molar-refractivity contribution in [2.75, 3.05) is 0 Å². The van der Waals surface area contributed by atoms with Gasteiger partial charge in [0.15, 0.2) is 11.6 Å². The zero-order valence-electron chi connectivity index (χ0n) is 12.5. The van der Waals surface area contributed by atoms with E-state index in [1.54, 1.807) is 0 Å². The highest BCUT2D eigenvalue weighted by Crippen LogP contribution is 2.37. The van der Waals surface area contributed by atoms with Crippen LogP contribution in [-0.4, -0.2) is 21.6 Å². The number of ketones is 2. The monoisotopic (exact) mass is 303 g/mol. The average Bonchev–Trinajstić information content (AvgIpc) is 2.41. The fourth-order valence-corrected chi connectivity index (χ4v) is 2.56. The van der Waals surface area contributed by atoms with Crippen LogP contribution in [0.3, 0.4) is 0 Å². The number of aliphatic hydroxyl groups excluding tert-OH is 1. The number of benzene rings is 1. The van der Waals surface area contributed by atoms with Crippen LogP contribution in [0, 0.1) is 15.5 Å². The largest absolute Gasteiger partial charge is 0.512 e. The SMILES string of the molecule is CC1(C)CC(=O)C(CC(=O)c2ccc([N+](=O)[O-])cc2)=C(O)C1. The summed E-state index contributed by atoms with van der Waals surface area (Å²) in [5.41, 5.74) is 0.0291. The molecule has 1 N–H and O–H groups in total.